The van der Waals surface area contributed by atoms with Crippen LogP contribution in [0.4, 0.5) is 10.6 Å². The van der Waals surface area contributed by atoms with Crippen molar-refractivity contribution in [3.63, 3.8) is 0 Å². The van der Waals surface area contributed by atoms with E-state index in [2.05, 4.69) is 20.9 Å². The zero-order valence-electron chi connectivity index (χ0n) is 13.3. The van der Waals surface area contributed by atoms with Gasteiger partial charge in [-0.3, -0.25) is 9.30 Å². The molecule has 5 nitrogen and oxygen atoms in total. The topological polar surface area (TPSA) is 46.8 Å². The van der Waals surface area contributed by atoms with E-state index in [9.17, 15) is 4.79 Å². The molecule has 3 rings (SSSR count). The normalized spacial score (nSPS) is 15.0. The van der Waals surface area contributed by atoms with Crippen molar-refractivity contribution in [1.82, 2.24) is 9.38 Å². The van der Waals surface area contributed by atoms with Gasteiger partial charge in [0.1, 0.15) is 17.1 Å². The second kappa shape index (κ2) is 5.26. The predicted octanol–water partition coefficient (Wildman–Crippen LogP) is 4.09. The Morgan fingerprint density at radius 2 is 2.14 bits per heavy atom. The van der Waals surface area contributed by atoms with Gasteiger partial charge in [-0.05, 0) is 68.1 Å². The molecule has 6 heteroatoms. The van der Waals surface area contributed by atoms with Crippen molar-refractivity contribution in [1.29, 1.82) is 0 Å². The number of hydrogen-bond acceptors (Lipinski definition) is 3. The summed E-state index contributed by atoms with van der Waals surface area (Å²) < 4.78 is 8.50. The lowest BCUT2D eigenvalue weighted by Crippen LogP contribution is -2.40. The minimum atomic E-state index is -0.508. The number of rotatable bonds is 0. The molecule has 0 saturated carbocycles. The van der Waals surface area contributed by atoms with Gasteiger partial charge in [-0.25, -0.2) is 9.78 Å². The first-order chi connectivity index (χ1) is 10.3. The van der Waals surface area contributed by atoms with E-state index >= 15 is 0 Å². The fourth-order valence-electron chi connectivity index (χ4n) is 2.66. The average molecular weight is 366 g/mol. The van der Waals surface area contributed by atoms with Gasteiger partial charge in [-0.2, -0.15) is 0 Å². The summed E-state index contributed by atoms with van der Waals surface area (Å²) in [6.07, 6.45) is 3.44. The summed E-state index contributed by atoms with van der Waals surface area (Å²) in [5.41, 5.74) is 2.43. The number of hydrogen-bond donors (Lipinski definition) is 0. The van der Waals surface area contributed by atoms with Gasteiger partial charge in [0.05, 0.1) is 5.69 Å². The fraction of sp³-hybridized carbons (Fsp3) is 0.500. The van der Waals surface area contributed by atoms with Crippen molar-refractivity contribution < 1.29 is 9.53 Å². The first-order valence-corrected chi connectivity index (χ1v) is 8.23. The highest BCUT2D eigenvalue weighted by Crippen LogP contribution is 2.31. The zero-order chi connectivity index (χ0) is 16.1. The molecular weight excluding hydrogens is 346 g/mol. The van der Waals surface area contributed by atoms with Crippen molar-refractivity contribution in [2.24, 2.45) is 0 Å². The number of aryl methyl sites for hydroxylation is 2. The average Bonchev–Trinajstić information content (AvgIpc) is 2.75. The third-order valence-electron chi connectivity index (χ3n) is 3.61. The molecule has 1 amide bonds. The van der Waals surface area contributed by atoms with E-state index in [4.69, 9.17) is 4.74 Å². The van der Waals surface area contributed by atoms with E-state index in [1.165, 1.54) is 0 Å². The van der Waals surface area contributed by atoms with Gasteiger partial charge in [-0.15, -0.1) is 0 Å². The molecule has 0 spiro atoms. The van der Waals surface area contributed by atoms with Crippen LogP contribution in [0, 0.1) is 6.92 Å². The number of aromatic nitrogens is 2. The molecule has 1 aliphatic rings. The standard InChI is InChI=1S/C16H20BrN3O2/c1-10-8-13-18-12-6-5-7-19(15(21)22-16(2,3)4)14(12)20(13)9-11(10)17/h8-9H,5-7H2,1-4H3. The highest BCUT2D eigenvalue weighted by molar-refractivity contribution is 9.10. The predicted molar refractivity (Wildman–Crippen MR) is 89.5 cm³/mol. The quantitative estimate of drug-likeness (QED) is 0.706. The second-order valence-corrected chi connectivity index (χ2v) is 7.50. The molecule has 1 aliphatic heterocycles. The summed E-state index contributed by atoms with van der Waals surface area (Å²) in [5.74, 6) is 0.830. The van der Waals surface area contributed by atoms with Crippen LogP contribution in [0.3, 0.4) is 0 Å². The molecule has 0 saturated heterocycles. The summed E-state index contributed by atoms with van der Waals surface area (Å²) in [4.78, 5) is 18.9. The lowest BCUT2D eigenvalue weighted by molar-refractivity contribution is 0.0576. The highest BCUT2D eigenvalue weighted by atomic mass is 79.9. The van der Waals surface area contributed by atoms with Gasteiger partial charge in [0.2, 0.25) is 0 Å². The van der Waals surface area contributed by atoms with Crippen LogP contribution < -0.4 is 4.90 Å². The van der Waals surface area contributed by atoms with Gasteiger partial charge in [0, 0.05) is 17.2 Å². The Morgan fingerprint density at radius 3 is 2.82 bits per heavy atom. The summed E-state index contributed by atoms with van der Waals surface area (Å²) >= 11 is 3.55. The minimum absolute atomic E-state index is 0.313. The number of fused-ring (bicyclic) bond motifs is 3. The minimum Gasteiger partial charge on any atom is -0.443 e. The molecule has 0 atom stereocenters. The summed E-state index contributed by atoms with van der Waals surface area (Å²) in [6.45, 7) is 8.32. The maximum atomic E-state index is 12.5. The molecule has 0 aromatic carbocycles. The van der Waals surface area contributed by atoms with Crippen LogP contribution in [0.5, 0.6) is 0 Å². The Balaban J connectivity index is 2.09. The van der Waals surface area contributed by atoms with Crippen LogP contribution in [-0.2, 0) is 11.2 Å². The fourth-order valence-corrected chi connectivity index (χ4v) is 2.97. The Morgan fingerprint density at radius 1 is 1.41 bits per heavy atom. The monoisotopic (exact) mass is 365 g/mol. The number of halogens is 1. The number of carbonyl (C=O) groups excluding carboxylic acids is 1. The smallest absolute Gasteiger partial charge is 0.416 e. The van der Waals surface area contributed by atoms with Gasteiger partial charge in [-0.1, -0.05) is 0 Å². The number of ether oxygens (including phenoxy) is 1. The Kier molecular flexibility index (Phi) is 3.67. The van der Waals surface area contributed by atoms with Crippen LogP contribution in [0.25, 0.3) is 5.65 Å². The van der Waals surface area contributed by atoms with Gasteiger partial charge in [0.15, 0.2) is 0 Å². The molecule has 22 heavy (non-hydrogen) atoms. The van der Waals surface area contributed by atoms with E-state index in [1.807, 2.05) is 44.4 Å². The number of anilines is 1. The molecule has 2 aromatic heterocycles. The second-order valence-electron chi connectivity index (χ2n) is 6.65. The Bertz CT molecular complexity index is 746. The van der Waals surface area contributed by atoms with E-state index in [1.54, 1.807) is 4.90 Å². The number of amides is 1. The summed E-state index contributed by atoms with van der Waals surface area (Å²) in [6, 6.07) is 2.02. The van der Waals surface area contributed by atoms with Crippen molar-refractivity contribution in [2.75, 3.05) is 11.4 Å². The number of carbonyl (C=O) groups is 1. The van der Waals surface area contributed by atoms with Crippen molar-refractivity contribution >= 4 is 33.5 Å². The third kappa shape index (κ3) is 2.72. The first kappa shape index (κ1) is 15.3. The van der Waals surface area contributed by atoms with E-state index < -0.39 is 5.60 Å². The van der Waals surface area contributed by atoms with Gasteiger partial charge >= 0.3 is 6.09 Å². The van der Waals surface area contributed by atoms with Crippen molar-refractivity contribution in [3.8, 4) is 0 Å². The van der Waals surface area contributed by atoms with Crippen LogP contribution >= 0.6 is 15.9 Å². The molecule has 3 heterocycles. The van der Waals surface area contributed by atoms with Gasteiger partial charge in [0.25, 0.3) is 0 Å². The van der Waals surface area contributed by atoms with Crippen LogP contribution in [0.15, 0.2) is 16.7 Å². The lowest BCUT2D eigenvalue weighted by atomic mass is 10.1. The third-order valence-corrected chi connectivity index (χ3v) is 4.44. The SMILES string of the molecule is Cc1cc2nc3c(n2cc1Br)N(C(=O)OC(C)(C)C)CCC3. The Hall–Kier alpha value is -1.56. The van der Waals surface area contributed by atoms with Crippen molar-refractivity contribution in [3.05, 3.63) is 28.0 Å². The highest BCUT2D eigenvalue weighted by Gasteiger charge is 2.31. The summed E-state index contributed by atoms with van der Waals surface area (Å²) in [7, 11) is 0. The molecule has 0 radical (unpaired) electrons. The molecule has 0 unspecified atom stereocenters. The van der Waals surface area contributed by atoms with Gasteiger partial charge < -0.3 is 4.74 Å². The maximum Gasteiger partial charge on any atom is 0.416 e. The largest absolute Gasteiger partial charge is 0.443 e. The van der Waals surface area contributed by atoms with Crippen molar-refractivity contribution in [2.45, 2.75) is 46.1 Å². The van der Waals surface area contributed by atoms with E-state index in [-0.39, 0.29) is 6.09 Å². The zero-order valence-corrected chi connectivity index (χ0v) is 14.9. The molecule has 2 aromatic rings. The molecule has 0 N–H and O–H groups in total. The van der Waals surface area contributed by atoms with Crippen LogP contribution in [0.1, 0.15) is 38.4 Å². The van der Waals surface area contributed by atoms with Crippen LogP contribution in [-0.4, -0.2) is 27.6 Å². The number of pyridine rings is 1. The number of nitrogens with zero attached hydrogens (tertiary/aromatic N) is 3. The molecule has 0 aliphatic carbocycles. The maximum absolute atomic E-state index is 12.5. The van der Waals surface area contributed by atoms with Crippen LogP contribution in [0.2, 0.25) is 0 Å². The van der Waals surface area contributed by atoms with E-state index in [0.717, 1.165) is 40.0 Å². The molecule has 0 bridgehead atoms. The number of imidazole rings is 1. The molecular formula is C16H20BrN3O2. The molecule has 0 fully saturated rings. The summed E-state index contributed by atoms with van der Waals surface area (Å²) in [5, 5.41) is 0. The van der Waals surface area contributed by atoms with E-state index in [0.29, 0.717) is 6.54 Å². The Labute approximate surface area is 138 Å². The first-order valence-electron chi connectivity index (χ1n) is 7.44. The molecule has 118 valence electrons. The lowest BCUT2D eigenvalue weighted by Gasteiger charge is -2.29.